The second kappa shape index (κ2) is 10.1. The van der Waals surface area contributed by atoms with E-state index >= 15 is 0 Å². The third-order valence-electron chi connectivity index (χ3n) is 5.30. The molecule has 0 radical (unpaired) electrons. The van der Waals surface area contributed by atoms with Gasteiger partial charge >= 0.3 is 5.97 Å². The minimum atomic E-state index is -0.394. The van der Waals surface area contributed by atoms with Crippen LogP contribution in [0.15, 0.2) is 48.5 Å². The van der Waals surface area contributed by atoms with Crippen molar-refractivity contribution in [1.29, 1.82) is 0 Å². The minimum absolute atomic E-state index is 0.0590. The molecule has 0 bridgehead atoms. The number of esters is 1. The smallest absolute Gasteiger partial charge is 0.337 e. The number of benzene rings is 2. The summed E-state index contributed by atoms with van der Waals surface area (Å²) < 4.78 is 9.96. The van der Waals surface area contributed by atoms with Crippen molar-refractivity contribution in [3.8, 4) is 5.75 Å². The lowest BCUT2D eigenvalue weighted by Crippen LogP contribution is -2.36. The van der Waals surface area contributed by atoms with Crippen LogP contribution in [0, 0.1) is 0 Å². The molecule has 3 rings (SSSR count). The molecule has 1 atom stereocenters. The highest BCUT2D eigenvalue weighted by Crippen LogP contribution is 2.31. The number of hydrogen-bond donors (Lipinski definition) is 1. The summed E-state index contributed by atoms with van der Waals surface area (Å²) in [6.45, 7) is 1.22. The van der Waals surface area contributed by atoms with Crippen LogP contribution < -0.4 is 10.1 Å². The molecule has 0 unspecified atom stereocenters. The fraction of sp³-hybridized carbons (Fsp3) is 0.391. The van der Waals surface area contributed by atoms with E-state index in [9.17, 15) is 9.59 Å². The fourth-order valence-electron chi connectivity index (χ4n) is 3.75. The molecule has 6 nitrogen and oxygen atoms in total. The first-order chi connectivity index (χ1) is 14.1. The molecular formula is C23H28N2O4. The largest absolute Gasteiger partial charge is 0.497 e. The fourth-order valence-corrected chi connectivity index (χ4v) is 3.75. The Morgan fingerprint density at radius 1 is 1.00 bits per heavy atom. The molecule has 154 valence electrons. The number of anilines is 1. The number of likely N-dealkylation sites (tertiary alicyclic amines) is 1. The highest BCUT2D eigenvalue weighted by molar-refractivity contribution is 5.94. The van der Waals surface area contributed by atoms with Gasteiger partial charge < -0.3 is 14.8 Å². The Balaban J connectivity index is 1.66. The summed E-state index contributed by atoms with van der Waals surface area (Å²) >= 11 is 0. The molecule has 29 heavy (non-hydrogen) atoms. The van der Waals surface area contributed by atoms with Crippen molar-refractivity contribution in [3.63, 3.8) is 0 Å². The van der Waals surface area contributed by atoms with E-state index in [2.05, 4.69) is 22.3 Å². The number of rotatable bonds is 6. The lowest BCUT2D eigenvalue weighted by Gasteiger charge is -2.29. The average Bonchev–Trinajstić information content (AvgIpc) is 2.99. The standard InChI is InChI=1S/C23H28N2O4/c1-28-20-13-9-17(10-14-20)21-6-4-3-5-15-25(21)16-22(26)24-19-11-7-18(8-12-19)23(27)29-2/h7-14,21H,3-6,15-16H2,1-2H3,(H,24,26)/t21-/m1/s1. The van der Waals surface area contributed by atoms with Gasteiger partial charge in [0.15, 0.2) is 0 Å². The van der Waals surface area contributed by atoms with Gasteiger partial charge in [0.2, 0.25) is 5.91 Å². The molecule has 1 heterocycles. The van der Waals surface area contributed by atoms with Crippen LogP contribution in [0.1, 0.15) is 47.6 Å². The van der Waals surface area contributed by atoms with E-state index in [4.69, 9.17) is 9.47 Å². The molecule has 6 heteroatoms. The van der Waals surface area contributed by atoms with Gasteiger partial charge in [0.05, 0.1) is 26.3 Å². The summed E-state index contributed by atoms with van der Waals surface area (Å²) in [5.41, 5.74) is 2.33. The highest BCUT2D eigenvalue weighted by Gasteiger charge is 2.24. The number of carbonyl (C=O) groups is 2. The SMILES string of the molecule is COC(=O)c1ccc(NC(=O)CN2CCCCC[C@@H]2c2ccc(OC)cc2)cc1. The van der Waals surface area contributed by atoms with E-state index < -0.39 is 5.97 Å². The summed E-state index contributed by atoms with van der Waals surface area (Å²) in [6, 6.07) is 15.1. The number of ether oxygens (including phenoxy) is 2. The number of methoxy groups -OCH3 is 2. The molecule has 0 spiro atoms. The molecule has 1 aliphatic rings. The van der Waals surface area contributed by atoms with Crippen LogP contribution in [0.4, 0.5) is 5.69 Å². The van der Waals surface area contributed by atoms with Crippen LogP contribution in [-0.4, -0.2) is 44.1 Å². The van der Waals surface area contributed by atoms with Gasteiger partial charge in [0.25, 0.3) is 0 Å². The Bertz CT molecular complexity index is 818. The molecule has 0 saturated carbocycles. The first-order valence-electron chi connectivity index (χ1n) is 9.97. The molecule has 1 aliphatic heterocycles. The Labute approximate surface area is 171 Å². The highest BCUT2D eigenvalue weighted by atomic mass is 16.5. The maximum Gasteiger partial charge on any atom is 0.337 e. The van der Waals surface area contributed by atoms with Crippen LogP contribution in [0.3, 0.4) is 0 Å². The van der Waals surface area contributed by atoms with Crippen molar-refractivity contribution >= 4 is 17.6 Å². The van der Waals surface area contributed by atoms with Crippen molar-refractivity contribution in [2.45, 2.75) is 31.7 Å². The Morgan fingerprint density at radius 3 is 2.38 bits per heavy atom. The Kier molecular flexibility index (Phi) is 7.25. The van der Waals surface area contributed by atoms with Gasteiger partial charge in [0, 0.05) is 11.7 Å². The molecule has 1 N–H and O–H groups in total. The number of amides is 1. The van der Waals surface area contributed by atoms with Crippen molar-refractivity contribution < 1.29 is 19.1 Å². The van der Waals surface area contributed by atoms with Crippen molar-refractivity contribution in [2.24, 2.45) is 0 Å². The summed E-state index contributed by atoms with van der Waals surface area (Å²) in [6.07, 6.45) is 4.46. The first kappa shape index (κ1) is 20.9. The van der Waals surface area contributed by atoms with E-state index in [1.165, 1.54) is 19.1 Å². The van der Waals surface area contributed by atoms with E-state index in [0.29, 0.717) is 17.8 Å². The van der Waals surface area contributed by atoms with Gasteiger partial charge in [-0.2, -0.15) is 0 Å². The molecule has 1 amide bonds. The van der Waals surface area contributed by atoms with Gasteiger partial charge in [-0.1, -0.05) is 25.0 Å². The average molecular weight is 396 g/mol. The van der Waals surface area contributed by atoms with Crippen LogP contribution in [0.5, 0.6) is 5.75 Å². The van der Waals surface area contributed by atoms with E-state index in [-0.39, 0.29) is 11.9 Å². The van der Waals surface area contributed by atoms with Gasteiger partial charge in [-0.05, 0) is 61.3 Å². The lowest BCUT2D eigenvalue weighted by molar-refractivity contribution is -0.117. The molecule has 2 aromatic rings. The number of nitrogens with one attached hydrogen (secondary N) is 1. The first-order valence-corrected chi connectivity index (χ1v) is 9.97. The molecule has 0 aliphatic carbocycles. The van der Waals surface area contributed by atoms with Crippen molar-refractivity contribution in [2.75, 3.05) is 32.6 Å². The minimum Gasteiger partial charge on any atom is -0.497 e. The monoisotopic (exact) mass is 396 g/mol. The summed E-state index contributed by atoms with van der Waals surface area (Å²) in [5.74, 6) is 0.382. The normalized spacial score (nSPS) is 17.2. The summed E-state index contributed by atoms with van der Waals surface area (Å²) in [7, 11) is 3.01. The second-order valence-electron chi connectivity index (χ2n) is 7.23. The lowest BCUT2D eigenvalue weighted by atomic mass is 10.0. The molecular weight excluding hydrogens is 368 g/mol. The summed E-state index contributed by atoms with van der Waals surface area (Å²) in [4.78, 5) is 26.5. The Morgan fingerprint density at radius 2 is 1.72 bits per heavy atom. The maximum atomic E-state index is 12.7. The van der Waals surface area contributed by atoms with Crippen molar-refractivity contribution in [1.82, 2.24) is 4.90 Å². The van der Waals surface area contributed by atoms with Gasteiger partial charge in [-0.15, -0.1) is 0 Å². The Hall–Kier alpha value is -2.86. The zero-order chi connectivity index (χ0) is 20.6. The molecule has 1 saturated heterocycles. The third kappa shape index (κ3) is 5.57. The number of hydrogen-bond acceptors (Lipinski definition) is 5. The molecule has 1 fully saturated rings. The number of nitrogens with zero attached hydrogens (tertiary/aromatic N) is 1. The quantitative estimate of drug-likeness (QED) is 0.747. The zero-order valence-corrected chi connectivity index (χ0v) is 17.0. The predicted octanol–water partition coefficient (Wildman–Crippen LogP) is 4.04. The van der Waals surface area contributed by atoms with Crippen LogP contribution in [-0.2, 0) is 9.53 Å². The van der Waals surface area contributed by atoms with E-state index in [1.54, 1.807) is 31.4 Å². The van der Waals surface area contributed by atoms with Gasteiger partial charge in [-0.25, -0.2) is 4.79 Å². The number of carbonyl (C=O) groups excluding carboxylic acids is 2. The van der Waals surface area contributed by atoms with Crippen molar-refractivity contribution in [3.05, 3.63) is 59.7 Å². The third-order valence-corrected chi connectivity index (χ3v) is 5.30. The van der Waals surface area contributed by atoms with Crippen LogP contribution in [0.2, 0.25) is 0 Å². The molecule has 2 aromatic carbocycles. The predicted molar refractivity (Wildman–Crippen MR) is 112 cm³/mol. The molecule has 0 aromatic heterocycles. The van der Waals surface area contributed by atoms with Crippen LogP contribution >= 0.6 is 0 Å². The summed E-state index contributed by atoms with van der Waals surface area (Å²) in [5, 5.41) is 2.93. The maximum absolute atomic E-state index is 12.7. The van der Waals surface area contributed by atoms with Gasteiger partial charge in [0.1, 0.15) is 5.75 Å². The topological polar surface area (TPSA) is 67.9 Å². The second-order valence-corrected chi connectivity index (χ2v) is 7.23. The van der Waals surface area contributed by atoms with Gasteiger partial charge in [-0.3, -0.25) is 9.69 Å². The van der Waals surface area contributed by atoms with E-state index in [0.717, 1.165) is 31.6 Å². The van der Waals surface area contributed by atoms with Crippen LogP contribution in [0.25, 0.3) is 0 Å². The zero-order valence-electron chi connectivity index (χ0n) is 17.0. The van der Waals surface area contributed by atoms with E-state index in [1.807, 2.05) is 12.1 Å².